The van der Waals surface area contributed by atoms with Gasteiger partial charge in [0.1, 0.15) is 24.0 Å². The summed E-state index contributed by atoms with van der Waals surface area (Å²) in [7, 11) is 0. The number of carboxylic acid groups (broad SMARTS) is 1. The zero-order valence-corrected chi connectivity index (χ0v) is 33.8. The number of hydrogen-bond acceptors (Lipinski definition) is 11. The zero-order valence-electron chi connectivity index (χ0n) is 33.8. The average Bonchev–Trinajstić information content (AvgIpc) is 3.23. The second-order valence-electron chi connectivity index (χ2n) is 14.7. The second-order valence-corrected chi connectivity index (χ2v) is 14.7. The number of hydrogen-bond donors (Lipinski definition) is 6. The number of nitrogens with zero attached hydrogens (tertiary/aromatic N) is 3. The highest BCUT2D eigenvalue weighted by Gasteiger charge is 2.26. The predicted molar refractivity (Wildman–Crippen MR) is 225 cm³/mol. The van der Waals surface area contributed by atoms with Crippen LogP contribution in [0.5, 0.6) is 0 Å². The molecule has 3 aromatic carbocycles. The van der Waals surface area contributed by atoms with Crippen molar-refractivity contribution in [1.29, 1.82) is 0 Å². The molecular formula is C43H55FN8O7. The van der Waals surface area contributed by atoms with Crippen LogP contribution in [-0.2, 0) is 34.0 Å². The highest BCUT2D eigenvalue weighted by atomic mass is 19.1. The molecule has 59 heavy (non-hydrogen) atoms. The molecule has 1 aliphatic rings. The van der Waals surface area contributed by atoms with Gasteiger partial charge in [0.25, 0.3) is 0 Å². The highest BCUT2D eigenvalue weighted by molar-refractivity contribution is 5.95. The average molecular weight is 815 g/mol. The molecule has 2 heterocycles. The van der Waals surface area contributed by atoms with Crippen LogP contribution < -0.4 is 37.7 Å². The SMILES string of the molecule is CCn1cc(C(=O)O)c(=O)c2cc(F)c(N3CCN(C(=O)OCc4ccc(NC(=O)[C@H](CCCN)N/C=C(\N)[C@@H](NCOCc5ccccc5)C(C)C)cc4)CC3)cc21. The monoisotopic (exact) mass is 814 g/mol. The molecule has 0 radical (unpaired) electrons. The van der Waals surface area contributed by atoms with E-state index in [9.17, 15) is 24.3 Å². The number of carbonyl (C=O) groups excluding carboxylic acids is 2. The van der Waals surface area contributed by atoms with Gasteiger partial charge in [-0.25, -0.2) is 14.0 Å². The molecular weight excluding hydrogens is 760 g/mol. The number of aryl methyl sites for hydroxylation is 1. The summed E-state index contributed by atoms with van der Waals surface area (Å²) in [5.74, 6) is -2.12. The number of nitrogens with two attached hydrogens (primary N) is 2. The van der Waals surface area contributed by atoms with Crippen molar-refractivity contribution in [3.8, 4) is 0 Å². The lowest BCUT2D eigenvalue weighted by Gasteiger charge is -2.35. The van der Waals surface area contributed by atoms with Gasteiger partial charge in [-0.15, -0.1) is 0 Å². The van der Waals surface area contributed by atoms with Gasteiger partial charge in [-0.3, -0.25) is 14.9 Å². The summed E-state index contributed by atoms with van der Waals surface area (Å²) in [6.45, 7) is 8.68. The minimum absolute atomic E-state index is 0.00574. The van der Waals surface area contributed by atoms with Gasteiger partial charge in [0.05, 0.1) is 30.6 Å². The van der Waals surface area contributed by atoms with Gasteiger partial charge in [-0.1, -0.05) is 56.3 Å². The van der Waals surface area contributed by atoms with Gasteiger partial charge < -0.3 is 51.0 Å². The second kappa shape index (κ2) is 21.2. The Morgan fingerprint density at radius 3 is 2.32 bits per heavy atom. The largest absolute Gasteiger partial charge is 0.477 e. The van der Waals surface area contributed by atoms with Crippen LogP contribution in [0.3, 0.4) is 0 Å². The van der Waals surface area contributed by atoms with Gasteiger partial charge >= 0.3 is 12.1 Å². The summed E-state index contributed by atoms with van der Waals surface area (Å²) < 4.78 is 28.3. The summed E-state index contributed by atoms with van der Waals surface area (Å²) in [4.78, 5) is 54.0. The van der Waals surface area contributed by atoms with E-state index in [1.807, 2.05) is 44.2 Å². The van der Waals surface area contributed by atoms with Crippen molar-refractivity contribution in [1.82, 2.24) is 20.1 Å². The molecule has 8 N–H and O–H groups in total. The van der Waals surface area contributed by atoms with Crippen LogP contribution in [0.4, 0.5) is 20.6 Å². The third-order valence-electron chi connectivity index (χ3n) is 10.2. The molecule has 1 aliphatic heterocycles. The summed E-state index contributed by atoms with van der Waals surface area (Å²) in [6, 6.07) is 18.7. The number of halogens is 1. The Labute approximate surface area is 343 Å². The molecule has 316 valence electrons. The fourth-order valence-electron chi connectivity index (χ4n) is 6.86. The minimum Gasteiger partial charge on any atom is -0.477 e. The molecule has 1 saturated heterocycles. The molecule has 0 bridgehead atoms. The minimum atomic E-state index is -1.37. The molecule has 1 fully saturated rings. The lowest BCUT2D eigenvalue weighted by Crippen LogP contribution is -2.49. The van der Waals surface area contributed by atoms with Crippen molar-refractivity contribution in [2.24, 2.45) is 17.4 Å². The van der Waals surface area contributed by atoms with Crippen molar-refractivity contribution in [3.05, 3.63) is 118 Å². The first-order chi connectivity index (χ1) is 28.4. The number of ether oxygens (including phenoxy) is 2. The lowest BCUT2D eigenvalue weighted by molar-refractivity contribution is -0.118. The molecule has 0 aliphatic carbocycles. The Hall–Kier alpha value is -5.97. The molecule has 2 atom stereocenters. The predicted octanol–water partition coefficient (Wildman–Crippen LogP) is 4.54. The number of pyridine rings is 1. The normalized spacial score (nSPS) is 14.3. The Balaban J connectivity index is 1.10. The maximum atomic E-state index is 15.3. The number of fused-ring (bicyclic) bond motifs is 1. The quantitative estimate of drug-likeness (QED) is 0.0570. The van der Waals surface area contributed by atoms with Crippen molar-refractivity contribution < 1.29 is 33.4 Å². The van der Waals surface area contributed by atoms with Crippen LogP contribution in [0, 0.1) is 11.7 Å². The van der Waals surface area contributed by atoms with E-state index >= 15 is 4.39 Å². The van der Waals surface area contributed by atoms with Crippen molar-refractivity contribution in [3.63, 3.8) is 0 Å². The van der Waals surface area contributed by atoms with Crippen molar-refractivity contribution in [2.75, 3.05) is 49.7 Å². The maximum Gasteiger partial charge on any atom is 0.410 e. The molecule has 0 unspecified atom stereocenters. The molecule has 2 amide bonds. The van der Waals surface area contributed by atoms with E-state index in [4.69, 9.17) is 20.9 Å². The third-order valence-corrected chi connectivity index (χ3v) is 10.2. The number of nitrogens with one attached hydrogen (secondary N) is 3. The lowest BCUT2D eigenvalue weighted by atomic mass is 10.0. The first kappa shape index (κ1) is 44.1. The Kier molecular flexibility index (Phi) is 15.8. The van der Waals surface area contributed by atoms with Crippen LogP contribution in [0.25, 0.3) is 10.9 Å². The summed E-state index contributed by atoms with van der Waals surface area (Å²) in [5, 5.41) is 18.9. The summed E-state index contributed by atoms with van der Waals surface area (Å²) >= 11 is 0. The smallest absolute Gasteiger partial charge is 0.410 e. The zero-order chi connectivity index (χ0) is 42.5. The van der Waals surface area contributed by atoms with E-state index < -0.39 is 34.9 Å². The summed E-state index contributed by atoms with van der Waals surface area (Å²) in [6.07, 6.45) is 3.53. The van der Waals surface area contributed by atoms with E-state index in [1.165, 1.54) is 6.20 Å². The Morgan fingerprint density at radius 2 is 1.68 bits per heavy atom. The van der Waals surface area contributed by atoms with E-state index in [0.717, 1.165) is 17.2 Å². The van der Waals surface area contributed by atoms with Gasteiger partial charge in [0.15, 0.2) is 0 Å². The fraction of sp³-hybridized carbons (Fsp3) is 0.395. The number of piperazine rings is 1. The van der Waals surface area contributed by atoms with E-state index in [0.29, 0.717) is 69.3 Å². The van der Waals surface area contributed by atoms with Gasteiger partial charge in [0.2, 0.25) is 11.3 Å². The molecule has 4 aromatic rings. The van der Waals surface area contributed by atoms with Gasteiger partial charge in [-0.2, -0.15) is 0 Å². The molecule has 15 nitrogen and oxygen atoms in total. The fourth-order valence-corrected chi connectivity index (χ4v) is 6.86. The van der Waals surface area contributed by atoms with E-state index in [1.54, 1.807) is 57.8 Å². The topological polar surface area (TPSA) is 207 Å². The number of aromatic nitrogens is 1. The van der Waals surface area contributed by atoms with Crippen LogP contribution in [-0.4, -0.2) is 84.1 Å². The van der Waals surface area contributed by atoms with Gasteiger partial charge in [0, 0.05) is 61.9 Å². The number of anilines is 2. The van der Waals surface area contributed by atoms with Crippen LogP contribution in [0.15, 0.2) is 89.6 Å². The number of carboxylic acids is 1. The van der Waals surface area contributed by atoms with Crippen LogP contribution in [0.2, 0.25) is 0 Å². The standard InChI is InChI=1S/C43H55FN8O7/c1-4-50-24-33(42(55)56)40(53)32-21-34(44)38(22-37(32)50)51-17-19-52(20-18-51)43(57)59-26-30-12-14-31(15-13-30)49-41(54)36(11-8-16-45)47-23-35(46)39(28(2)3)48-27-58-25-29-9-6-5-7-10-29/h5-7,9-10,12-15,21-24,28,36,39,47-48H,4,8,11,16-20,25-27,45-46H2,1-3H3,(H,49,54)(H,55,56)/b35-23-/t36-,39-/m0/s1. The third kappa shape index (κ3) is 11.8. The highest BCUT2D eigenvalue weighted by Crippen LogP contribution is 2.27. The molecule has 5 rings (SSSR count). The molecule has 1 aromatic heterocycles. The number of rotatable bonds is 19. The first-order valence-corrected chi connectivity index (χ1v) is 19.8. The van der Waals surface area contributed by atoms with Crippen LogP contribution >= 0.6 is 0 Å². The van der Waals surface area contributed by atoms with E-state index in [-0.39, 0.29) is 48.6 Å². The van der Waals surface area contributed by atoms with Gasteiger partial charge in [-0.05, 0) is 67.6 Å². The Morgan fingerprint density at radius 1 is 0.983 bits per heavy atom. The van der Waals surface area contributed by atoms with Crippen LogP contribution in [0.1, 0.15) is 55.1 Å². The number of amides is 2. The number of carbonyl (C=O) groups is 3. The van der Waals surface area contributed by atoms with E-state index in [2.05, 4.69) is 16.0 Å². The Bertz CT molecular complexity index is 2140. The van der Waals surface area contributed by atoms with Crippen molar-refractivity contribution >= 4 is 40.2 Å². The summed E-state index contributed by atoms with van der Waals surface area (Å²) in [5.41, 5.74) is 14.7. The number of aromatic carboxylic acids is 1. The maximum absolute atomic E-state index is 15.3. The molecule has 0 spiro atoms. The number of benzene rings is 3. The molecule has 16 heteroatoms. The first-order valence-electron chi connectivity index (χ1n) is 19.8. The molecule has 0 saturated carbocycles. The van der Waals surface area contributed by atoms with Crippen molar-refractivity contribution in [2.45, 2.75) is 65.5 Å².